The molecule has 0 aliphatic carbocycles. The van der Waals surface area contributed by atoms with Gasteiger partial charge in [0.15, 0.2) is 18.1 Å². The first-order valence-electron chi connectivity index (χ1n) is 8.49. The van der Waals surface area contributed by atoms with Gasteiger partial charge >= 0.3 is 0 Å². The lowest BCUT2D eigenvalue weighted by Gasteiger charge is -2.29. The predicted molar refractivity (Wildman–Crippen MR) is 98.7 cm³/mol. The summed E-state index contributed by atoms with van der Waals surface area (Å²) in [6, 6.07) is 11.1. The van der Waals surface area contributed by atoms with Crippen molar-refractivity contribution in [2.75, 3.05) is 39.4 Å². The molecule has 138 valence electrons. The van der Waals surface area contributed by atoms with Crippen LogP contribution in [0.25, 0.3) is 0 Å². The maximum Gasteiger partial charge on any atom is 0.264 e. The molecule has 0 N–H and O–H groups in total. The first-order valence-corrected chi connectivity index (χ1v) is 8.49. The third-order valence-corrected chi connectivity index (χ3v) is 4.43. The summed E-state index contributed by atoms with van der Waals surface area (Å²) in [5.74, 6) is 2.18. The van der Waals surface area contributed by atoms with Gasteiger partial charge in [-0.1, -0.05) is 6.07 Å². The number of nitrogens with zero attached hydrogens (tertiary/aromatic N) is 1. The molecule has 2 aromatic carbocycles. The minimum atomic E-state index is -0.107. The molecule has 0 atom stereocenters. The first kappa shape index (κ1) is 17.9. The summed E-state index contributed by atoms with van der Waals surface area (Å²) >= 11 is 0. The Hall–Kier alpha value is -2.89. The van der Waals surface area contributed by atoms with E-state index in [9.17, 15) is 4.79 Å². The Morgan fingerprint density at radius 3 is 2.42 bits per heavy atom. The van der Waals surface area contributed by atoms with Crippen LogP contribution in [0.4, 0.5) is 5.69 Å². The van der Waals surface area contributed by atoms with E-state index in [4.69, 9.17) is 18.9 Å². The lowest BCUT2D eigenvalue weighted by Crippen LogP contribution is -2.38. The van der Waals surface area contributed by atoms with E-state index in [1.807, 2.05) is 18.2 Å². The maximum absolute atomic E-state index is 12.8. The van der Waals surface area contributed by atoms with Crippen LogP contribution in [0.1, 0.15) is 12.0 Å². The fourth-order valence-corrected chi connectivity index (χ4v) is 3.13. The van der Waals surface area contributed by atoms with Gasteiger partial charge in [0.1, 0.15) is 5.75 Å². The topological polar surface area (TPSA) is 57.2 Å². The normalized spacial score (nSPS) is 13.0. The van der Waals surface area contributed by atoms with E-state index in [1.54, 1.807) is 44.4 Å². The highest BCUT2D eigenvalue weighted by Crippen LogP contribution is 2.37. The van der Waals surface area contributed by atoms with Crippen LogP contribution in [0, 0.1) is 0 Å². The summed E-state index contributed by atoms with van der Waals surface area (Å²) < 4.78 is 21.6. The second kappa shape index (κ2) is 7.99. The Kier molecular flexibility index (Phi) is 5.51. The number of anilines is 1. The summed E-state index contributed by atoms with van der Waals surface area (Å²) in [4.78, 5) is 14.5. The van der Waals surface area contributed by atoms with Crippen molar-refractivity contribution in [3.8, 4) is 23.0 Å². The number of benzene rings is 2. The zero-order chi connectivity index (χ0) is 18.5. The molecule has 1 amide bonds. The molecule has 26 heavy (non-hydrogen) atoms. The number of para-hydroxylation sites is 1. The van der Waals surface area contributed by atoms with E-state index in [-0.39, 0.29) is 12.5 Å². The van der Waals surface area contributed by atoms with Crippen LogP contribution in [0.2, 0.25) is 0 Å². The van der Waals surface area contributed by atoms with E-state index in [1.165, 1.54) is 0 Å². The third kappa shape index (κ3) is 3.54. The Morgan fingerprint density at radius 2 is 1.77 bits per heavy atom. The molecule has 0 saturated carbocycles. The number of rotatable bonds is 6. The van der Waals surface area contributed by atoms with Crippen LogP contribution in [-0.2, 0) is 11.2 Å². The highest BCUT2D eigenvalue weighted by atomic mass is 16.5. The number of hydrogen-bond acceptors (Lipinski definition) is 5. The summed E-state index contributed by atoms with van der Waals surface area (Å²) in [7, 11) is 4.75. The van der Waals surface area contributed by atoms with Gasteiger partial charge in [-0.3, -0.25) is 4.79 Å². The number of ether oxygens (including phenoxy) is 4. The molecule has 0 bridgehead atoms. The Morgan fingerprint density at radius 1 is 1.04 bits per heavy atom. The number of methoxy groups -OCH3 is 3. The summed E-state index contributed by atoms with van der Waals surface area (Å²) in [5, 5.41) is 0. The zero-order valence-corrected chi connectivity index (χ0v) is 15.3. The van der Waals surface area contributed by atoms with Gasteiger partial charge in [0.05, 0.1) is 21.3 Å². The van der Waals surface area contributed by atoms with Gasteiger partial charge in [-0.25, -0.2) is 0 Å². The average molecular weight is 357 g/mol. The second-order valence-electron chi connectivity index (χ2n) is 5.92. The quantitative estimate of drug-likeness (QED) is 0.795. The van der Waals surface area contributed by atoms with Gasteiger partial charge in [-0.05, 0) is 48.7 Å². The van der Waals surface area contributed by atoms with Gasteiger partial charge in [-0.2, -0.15) is 0 Å². The maximum atomic E-state index is 12.8. The average Bonchev–Trinajstić information content (AvgIpc) is 2.70. The molecule has 1 aliphatic heterocycles. The van der Waals surface area contributed by atoms with Gasteiger partial charge in [0.2, 0.25) is 5.75 Å². The molecule has 0 saturated heterocycles. The second-order valence-corrected chi connectivity index (χ2v) is 5.92. The van der Waals surface area contributed by atoms with Gasteiger partial charge < -0.3 is 23.8 Å². The van der Waals surface area contributed by atoms with Crippen molar-refractivity contribution >= 4 is 11.6 Å². The van der Waals surface area contributed by atoms with Crippen LogP contribution in [0.5, 0.6) is 23.0 Å². The van der Waals surface area contributed by atoms with Gasteiger partial charge in [0, 0.05) is 12.2 Å². The summed E-state index contributed by atoms with van der Waals surface area (Å²) in [5.41, 5.74) is 2.02. The lowest BCUT2D eigenvalue weighted by molar-refractivity contribution is -0.120. The van der Waals surface area contributed by atoms with Crippen LogP contribution in [-0.4, -0.2) is 40.4 Å². The van der Waals surface area contributed by atoms with Gasteiger partial charge in [-0.15, -0.1) is 0 Å². The molecule has 1 aliphatic rings. The fourth-order valence-electron chi connectivity index (χ4n) is 3.13. The zero-order valence-electron chi connectivity index (χ0n) is 15.3. The fraction of sp³-hybridized carbons (Fsp3) is 0.350. The summed E-state index contributed by atoms with van der Waals surface area (Å²) in [6.07, 6.45) is 1.83. The van der Waals surface area contributed by atoms with Crippen molar-refractivity contribution in [1.29, 1.82) is 0 Å². The SMILES string of the molecule is COc1ccc2c(c1)CCCN2C(=O)COc1c(OC)cccc1OC. The minimum Gasteiger partial charge on any atom is -0.497 e. The van der Waals surface area contributed by atoms with E-state index < -0.39 is 0 Å². The van der Waals surface area contributed by atoms with E-state index in [0.29, 0.717) is 23.8 Å². The molecular formula is C20H23NO5. The van der Waals surface area contributed by atoms with Crippen LogP contribution in [0.15, 0.2) is 36.4 Å². The Balaban J connectivity index is 1.77. The number of amides is 1. The van der Waals surface area contributed by atoms with E-state index in [0.717, 1.165) is 29.8 Å². The summed E-state index contributed by atoms with van der Waals surface area (Å²) in [6.45, 7) is 0.576. The molecule has 3 rings (SSSR count). The van der Waals surface area contributed by atoms with Crippen molar-refractivity contribution in [3.05, 3.63) is 42.0 Å². The minimum absolute atomic E-state index is 0.0950. The van der Waals surface area contributed by atoms with E-state index in [2.05, 4.69) is 0 Å². The molecule has 6 nitrogen and oxygen atoms in total. The highest BCUT2D eigenvalue weighted by molar-refractivity contribution is 5.95. The van der Waals surface area contributed by atoms with E-state index >= 15 is 0 Å². The molecule has 0 unspecified atom stereocenters. The molecule has 2 aromatic rings. The molecule has 0 aromatic heterocycles. The van der Waals surface area contributed by atoms with Crippen molar-refractivity contribution in [3.63, 3.8) is 0 Å². The van der Waals surface area contributed by atoms with Crippen molar-refractivity contribution in [2.24, 2.45) is 0 Å². The number of carbonyl (C=O) groups is 1. The predicted octanol–water partition coefficient (Wildman–Crippen LogP) is 3.07. The monoisotopic (exact) mass is 357 g/mol. The molecule has 1 heterocycles. The van der Waals surface area contributed by atoms with Crippen molar-refractivity contribution in [1.82, 2.24) is 0 Å². The van der Waals surface area contributed by atoms with Crippen LogP contribution in [0.3, 0.4) is 0 Å². The number of carbonyl (C=O) groups excluding carboxylic acids is 1. The van der Waals surface area contributed by atoms with Crippen molar-refractivity contribution < 1.29 is 23.7 Å². The largest absolute Gasteiger partial charge is 0.497 e. The molecule has 0 fully saturated rings. The van der Waals surface area contributed by atoms with Crippen molar-refractivity contribution in [2.45, 2.75) is 12.8 Å². The first-order chi connectivity index (χ1) is 12.7. The van der Waals surface area contributed by atoms with Gasteiger partial charge in [0.25, 0.3) is 5.91 Å². The number of aryl methyl sites for hydroxylation is 1. The Labute approximate surface area is 153 Å². The smallest absolute Gasteiger partial charge is 0.264 e. The van der Waals surface area contributed by atoms with Crippen LogP contribution < -0.4 is 23.8 Å². The molecule has 0 spiro atoms. The number of hydrogen-bond donors (Lipinski definition) is 0. The molecule has 6 heteroatoms. The molecular weight excluding hydrogens is 334 g/mol. The standard InChI is InChI=1S/C20H23NO5/c1-23-15-9-10-16-14(12-15)6-5-11-21(16)19(22)13-26-20-17(24-2)7-4-8-18(20)25-3/h4,7-10,12H,5-6,11,13H2,1-3H3. The highest BCUT2D eigenvalue weighted by Gasteiger charge is 2.24. The third-order valence-electron chi connectivity index (χ3n) is 4.43. The molecule has 0 radical (unpaired) electrons. The van der Waals surface area contributed by atoms with Crippen LogP contribution >= 0.6 is 0 Å². The Bertz CT molecular complexity index is 768. The lowest BCUT2D eigenvalue weighted by atomic mass is 10.0. The number of fused-ring (bicyclic) bond motifs is 1.